The van der Waals surface area contributed by atoms with Gasteiger partial charge >= 0.3 is 0 Å². The number of aromatic nitrogens is 2. The first-order valence-corrected chi connectivity index (χ1v) is 9.83. The number of hydrogen-bond donors (Lipinski definition) is 2. The van der Waals surface area contributed by atoms with Crippen LogP contribution in [0, 0.1) is 17.8 Å². The van der Waals surface area contributed by atoms with Crippen LogP contribution in [0.3, 0.4) is 0 Å². The summed E-state index contributed by atoms with van der Waals surface area (Å²) in [5.41, 5.74) is 4.76. The number of aromatic amines is 1. The molecule has 0 spiro atoms. The largest absolute Gasteiger partial charge is 0.380 e. The van der Waals surface area contributed by atoms with Gasteiger partial charge in [-0.3, -0.25) is 4.98 Å². The van der Waals surface area contributed by atoms with Crippen LogP contribution in [0.15, 0.2) is 48.9 Å². The van der Waals surface area contributed by atoms with Gasteiger partial charge in [0.1, 0.15) is 0 Å². The van der Waals surface area contributed by atoms with Crippen molar-refractivity contribution in [3.05, 3.63) is 48.9 Å². The Morgan fingerprint density at radius 2 is 1.85 bits per heavy atom. The fourth-order valence-electron chi connectivity index (χ4n) is 5.75. The fourth-order valence-corrected chi connectivity index (χ4v) is 5.75. The minimum Gasteiger partial charge on any atom is -0.380 e. The lowest BCUT2D eigenvalue weighted by Crippen LogP contribution is -2.62. The molecular weight excluding hydrogens is 320 g/mol. The van der Waals surface area contributed by atoms with Gasteiger partial charge in [-0.05, 0) is 65.8 Å². The lowest BCUT2D eigenvalue weighted by atomic mass is 9.65. The molecule has 7 rings (SSSR count). The van der Waals surface area contributed by atoms with Gasteiger partial charge in [-0.15, -0.1) is 0 Å². The Hall–Kier alpha value is -2.33. The lowest BCUT2D eigenvalue weighted by molar-refractivity contribution is -0.0269. The highest BCUT2D eigenvalue weighted by Gasteiger charge is 2.47. The molecule has 3 saturated heterocycles. The van der Waals surface area contributed by atoms with E-state index in [1.807, 2.05) is 18.6 Å². The average molecular weight is 344 g/mol. The third kappa shape index (κ3) is 2.36. The SMILES string of the molecule is c1cc2cc(-c3cncc(NC4[C@@H]5CC6C[C@H]4CN(C6)C5)c3)ccc2[nH]1. The quantitative estimate of drug-likeness (QED) is 0.755. The van der Waals surface area contributed by atoms with Crippen LogP contribution >= 0.6 is 0 Å². The summed E-state index contributed by atoms with van der Waals surface area (Å²) >= 11 is 0. The summed E-state index contributed by atoms with van der Waals surface area (Å²) in [5.74, 6) is 2.56. The summed E-state index contributed by atoms with van der Waals surface area (Å²) < 4.78 is 0. The highest BCUT2D eigenvalue weighted by Crippen LogP contribution is 2.44. The predicted molar refractivity (Wildman–Crippen MR) is 105 cm³/mol. The first-order valence-electron chi connectivity index (χ1n) is 9.83. The van der Waals surface area contributed by atoms with Crippen LogP contribution < -0.4 is 5.32 Å². The summed E-state index contributed by atoms with van der Waals surface area (Å²) in [6.07, 6.45) is 8.77. The highest BCUT2D eigenvalue weighted by molar-refractivity contribution is 5.85. The summed E-state index contributed by atoms with van der Waals surface area (Å²) in [7, 11) is 0. The Kier molecular flexibility index (Phi) is 3.18. The van der Waals surface area contributed by atoms with Gasteiger partial charge in [-0.1, -0.05) is 6.07 Å². The Morgan fingerprint density at radius 1 is 0.962 bits per heavy atom. The van der Waals surface area contributed by atoms with Crippen molar-refractivity contribution >= 4 is 16.6 Å². The molecule has 4 bridgehead atoms. The Labute approximate surface area is 153 Å². The zero-order chi connectivity index (χ0) is 17.1. The van der Waals surface area contributed by atoms with Crippen molar-refractivity contribution in [2.45, 2.75) is 18.9 Å². The molecule has 26 heavy (non-hydrogen) atoms. The fraction of sp³-hybridized carbons (Fsp3) is 0.409. The van der Waals surface area contributed by atoms with Gasteiger partial charge in [0.05, 0.1) is 5.69 Å². The monoisotopic (exact) mass is 344 g/mol. The van der Waals surface area contributed by atoms with Crippen LogP contribution in [0.2, 0.25) is 0 Å². The van der Waals surface area contributed by atoms with Crippen LogP contribution in [0.5, 0.6) is 0 Å². The third-order valence-electron chi connectivity index (χ3n) is 6.75. The van der Waals surface area contributed by atoms with Crippen molar-refractivity contribution in [2.24, 2.45) is 17.8 Å². The molecule has 3 aliphatic heterocycles. The van der Waals surface area contributed by atoms with Crippen LogP contribution in [0.4, 0.5) is 5.69 Å². The van der Waals surface area contributed by atoms with Gasteiger partial charge in [0, 0.05) is 55.3 Å². The molecule has 5 heterocycles. The molecule has 132 valence electrons. The topological polar surface area (TPSA) is 44.0 Å². The van der Waals surface area contributed by atoms with Crippen molar-refractivity contribution in [2.75, 3.05) is 25.0 Å². The molecule has 0 amide bonds. The van der Waals surface area contributed by atoms with E-state index in [0.717, 1.165) is 17.8 Å². The van der Waals surface area contributed by atoms with E-state index in [4.69, 9.17) is 0 Å². The number of anilines is 1. The number of pyridine rings is 1. The minimum absolute atomic E-state index is 0.618. The number of benzene rings is 1. The number of H-pyrrole nitrogens is 1. The standard InChI is InChI=1S/C22H24N4/c1-2-21-16(3-4-24-21)7-15(1)17-8-20(10-23-9-17)25-22-18-5-14-6-19(22)13-26(11-14)12-18/h1-4,7-10,14,18-19,22,24-25H,5-6,11-13H2/t14?,18-,19+,22?. The molecular formula is C22H24N4. The summed E-state index contributed by atoms with van der Waals surface area (Å²) in [6, 6.07) is 11.6. The second-order valence-electron chi connectivity index (χ2n) is 8.49. The second-order valence-corrected chi connectivity index (χ2v) is 8.49. The van der Waals surface area contributed by atoms with E-state index in [1.54, 1.807) is 0 Å². The summed E-state index contributed by atoms with van der Waals surface area (Å²) in [5, 5.41) is 5.12. The number of rotatable bonds is 3. The third-order valence-corrected chi connectivity index (χ3v) is 6.75. The Balaban J connectivity index is 1.28. The van der Waals surface area contributed by atoms with Gasteiger partial charge < -0.3 is 15.2 Å². The molecule has 4 nitrogen and oxygen atoms in total. The zero-order valence-corrected chi connectivity index (χ0v) is 14.9. The van der Waals surface area contributed by atoms with Gasteiger partial charge in [-0.25, -0.2) is 0 Å². The lowest BCUT2D eigenvalue weighted by Gasteiger charge is -2.56. The molecule has 2 aromatic heterocycles. The molecule has 1 aromatic carbocycles. The first kappa shape index (κ1) is 14.8. The van der Waals surface area contributed by atoms with Crippen LogP contribution in [0.1, 0.15) is 12.8 Å². The summed E-state index contributed by atoms with van der Waals surface area (Å²) in [6.45, 7) is 3.91. The van der Waals surface area contributed by atoms with Gasteiger partial charge in [0.2, 0.25) is 0 Å². The van der Waals surface area contributed by atoms with Crippen molar-refractivity contribution in [3.8, 4) is 11.1 Å². The molecule has 5 atom stereocenters. The van der Waals surface area contributed by atoms with Gasteiger partial charge in [0.25, 0.3) is 0 Å². The Morgan fingerprint density at radius 3 is 2.69 bits per heavy atom. The van der Waals surface area contributed by atoms with Crippen LogP contribution in [-0.4, -0.2) is 40.5 Å². The normalized spacial score (nSPS) is 32.2. The van der Waals surface area contributed by atoms with E-state index in [9.17, 15) is 0 Å². The van der Waals surface area contributed by atoms with E-state index < -0.39 is 0 Å². The zero-order valence-electron chi connectivity index (χ0n) is 14.9. The van der Waals surface area contributed by atoms with E-state index in [1.165, 1.54) is 60.2 Å². The van der Waals surface area contributed by atoms with Crippen LogP contribution in [-0.2, 0) is 0 Å². The minimum atomic E-state index is 0.618. The number of hydrogen-bond acceptors (Lipinski definition) is 3. The molecule has 4 aliphatic rings. The predicted octanol–water partition coefficient (Wildman–Crippen LogP) is 3.98. The Bertz CT molecular complexity index is 931. The van der Waals surface area contributed by atoms with E-state index in [2.05, 4.69) is 50.5 Å². The molecule has 3 unspecified atom stereocenters. The van der Waals surface area contributed by atoms with Crippen molar-refractivity contribution in [3.63, 3.8) is 0 Å². The molecule has 4 fully saturated rings. The second kappa shape index (κ2) is 5.58. The average Bonchev–Trinajstić information content (AvgIpc) is 3.12. The molecule has 1 aliphatic carbocycles. The smallest absolute Gasteiger partial charge is 0.0535 e. The maximum Gasteiger partial charge on any atom is 0.0535 e. The summed E-state index contributed by atoms with van der Waals surface area (Å²) in [4.78, 5) is 10.5. The molecule has 0 radical (unpaired) electrons. The molecule has 1 saturated carbocycles. The highest BCUT2D eigenvalue weighted by atomic mass is 15.2. The number of nitrogens with one attached hydrogen (secondary N) is 2. The van der Waals surface area contributed by atoms with Gasteiger partial charge in [-0.2, -0.15) is 0 Å². The molecule has 2 N–H and O–H groups in total. The van der Waals surface area contributed by atoms with E-state index in [-0.39, 0.29) is 0 Å². The number of nitrogens with zero attached hydrogens (tertiary/aromatic N) is 2. The number of piperidine rings is 3. The van der Waals surface area contributed by atoms with Crippen LogP contribution in [0.25, 0.3) is 22.0 Å². The maximum absolute atomic E-state index is 4.53. The molecule has 4 heteroatoms. The molecule has 3 aromatic rings. The van der Waals surface area contributed by atoms with Crippen molar-refractivity contribution in [1.29, 1.82) is 0 Å². The van der Waals surface area contributed by atoms with E-state index in [0.29, 0.717) is 6.04 Å². The van der Waals surface area contributed by atoms with Gasteiger partial charge in [0.15, 0.2) is 0 Å². The number of fused-ring (bicyclic) bond motifs is 1. The van der Waals surface area contributed by atoms with Crippen molar-refractivity contribution < 1.29 is 0 Å². The van der Waals surface area contributed by atoms with E-state index >= 15 is 0 Å². The maximum atomic E-state index is 4.53. The first-order chi connectivity index (χ1) is 12.8. The van der Waals surface area contributed by atoms with Crippen molar-refractivity contribution in [1.82, 2.24) is 14.9 Å².